The van der Waals surface area contributed by atoms with Gasteiger partial charge in [0.25, 0.3) is 5.91 Å². The van der Waals surface area contributed by atoms with Gasteiger partial charge in [-0.05, 0) is 62.3 Å². The number of pyridine rings is 1. The number of carbonyl (C=O) groups excluding carboxylic acids is 3. The lowest BCUT2D eigenvalue weighted by Gasteiger charge is -2.44. The van der Waals surface area contributed by atoms with Gasteiger partial charge in [0.15, 0.2) is 0 Å². The van der Waals surface area contributed by atoms with Crippen LogP contribution in [0.3, 0.4) is 0 Å². The van der Waals surface area contributed by atoms with Crippen LogP contribution in [0.2, 0.25) is 0 Å². The number of aromatic nitrogens is 1. The molecule has 2 aromatic rings. The monoisotopic (exact) mass is 517 g/mol. The molecule has 1 aromatic carbocycles. The molecule has 4 heterocycles. The van der Waals surface area contributed by atoms with Crippen LogP contribution < -0.4 is 21.1 Å². The van der Waals surface area contributed by atoms with E-state index in [9.17, 15) is 14.4 Å². The molecule has 1 aromatic heterocycles. The summed E-state index contributed by atoms with van der Waals surface area (Å²) in [6, 6.07) is 13.9. The summed E-state index contributed by atoms with van der Waals surface area (Å²) in [5.74, 6) is 0.498. The predicted octanol–water partition coefficient (Wildman–Crippen LogP) is 1.58. The Labute approximate surface area is 222 Å². The summed E-state index contributed by atoms with van der Waals surface area (Å²) in [5, 5.41) is 2.83. The van der Waals surface area contributed by atoms with E-state index in [-0.39, 0.29) is 30.2 Å². The number of fused-ring (bicyclic) bond motifs is 1. The fourth-order valence-corrected chi connectivity index (χ4v) is 6.71. The van der Waals surface area contributed by atoms with Crippen LogP contribution in [-0.2, 0) is 14.4 Å². The molecule has 3 unspecified atom stereocenters. The number of likely N-dealkylation sites (tertiary alicyclic amines) is 1. The topological polar surface area (TPSA) is 110 Å². The Balaban J connectivity index is 1.15. The zero-order valence-electron chi connectivity index (χ0n) is 21.5. The highest BCUT2D eigenvalue weighted by atomic mass is 16.2. The van der Waals surface area contributed by atoms with Gasteiger partial charge in [-0.25, -0.2) is 0 Å². The number of para-hydroxylation sites is 1. The van der Waals surface area contributed by atoms with Gasteiger partial charge in [0, 0.05) is 43.5 Å². The third kappa shape index (κ3) is 4.63. The van der Waals surface area contributed by atoms with Crippen molar-refractivity contribution in [2.24, 2.45) is 11.8 Å². The van der Waals surface area contributed by atoms with Crippen molar-refractivity contribution in [2.45, 2.75) is 43.7 Å². The SMILES string of the molecule is O=C(CN1CN(c2ccccc2)C2(CCN(C(=O)C3CCC4NNCC4C3)CC2)C1=O)Nc1cccnc1. The number of nitrogens with one attached hydrogen (secondary N) is 3. The molecule has 1 spiro atoms. The molecule has 38 heavy (non-hydrogen) atoms. The second kappa shape index (κ2) is 10.3. The summed E-state index contributed by atoms with van der Waals surface area (Å²) in [6.45, 7) is 2.31. The average molecular weight is 518 g/mol. The summed E-state index contributed by atoms with van der Waals surface area (Å²) >= 11 is 0. The van der Waals surface area contributed by atoms with Gasteiger partial charge in [0.2, 0.25) is 11.8 Å². The summed E-state index contributed by atoms with van der Waals surface area (Å²) in [6.07, 6.45) is 7.17. The maximum atomic E-state index is 13.9. The first-order valence-corrected chi connectivity index (χ1v) is 13.6. The molecule has 200 valence electrons. The zero-order valence-corrected chi connectivity index (χ0v) is 21.5. The highest BCUT2D eigenvalue weighted by molar-refractivity contribution is 5.99. The van der Waals surface area contributed by atoms with Crippen LogP contribution in [0.1, 0.15) is 32.1 Å². The Bertz CT molecular complexity index is 1170. The van der Waals surface area contributed by atoms with Gasteiger partial charge < -0.3 is 20.0 Å². The number of amides is 3. The number of rotatable bonds is 5. The van der Waals surface area contributed by atoms with Crippen LogP contribution in [0.25, 0.3) is 0 Å². The molecule has 3 N–H and O–H groups in total. The number of hydrogen-bond acceptors (Lipinski definition) is 7. The van der Waals surface area contributed by atoms with Gasteiger partial charge in [0.05, 0.1) is 18.6 Å². The lowest BCUT2D eigenvalue weighted by molar-refractivity contribution is -0.142. The van der Waals surface area contributed by atoms with E-state index in [0.717, 1.165) is 31.5 Å². The van der Waals surface area contributed by atoms with Crippen molar-refractivity contribution < 1.29 is 14.4 Å². The second-order valence-corrected chi connectivity index (χ2v) is 11.0. The predicted molar refractivity (Wildman–Crippen MR) is 143 cm³/mol. The van der Waals surface area contributed by atoms with E-state index in [2.05, 4.69) is 26.1 Å². The summed E-state index contributed by atoms with van der Waals surface area (Å²) < 4.78 is 0. The van der Waals surface area contributed by atoms with Crippen molar-refractivity contribution in [2.75, 3.05) is 43.1 Å². The minimum Gasteiger partial charge on any atom is -0.342 e. The van der Waals surface area contributed by atoms with Crippen molar-refractivity contribution in [1.82, 2.24) is 25.6 Å². The molecule has 0 bridgehead atoms. The smallest absolute Gasteiger partial charge is 0.250 e. The maximum Gasteiger partial charge on any atom is 0.250 e. The summed E-state index contributed by atoms with van der Waals surface area (Å²) in [4.78, 5) is 50.0. The van der Waals surface area contributed by atoms with Crippen LogP contribution >= 0.6 is 0 Å². The summed E-state index contributed by atoms with van der Waals surface area (Å²) in [7, 11) is 0. The molecule has 1 aliphatic carbocycles. The molecule has 3 saturated heterocycles. The average Bonchev–Trinajstić information content (AvgIpc) is 3.53. The largest absolute Gasteiger partial charge is 0.342 e. The molecule has 0 radical (unpaired) electrons. The molecule has 10 nitrogen and oxygen atoms in total. The van der Waals surface area contributed by atoms with Crippen LogP contribution in [0, 0.1) is 11.8 Å². The third-order valence-corrected chi connectivity index (χ3v) is 8.75. The molecular weight excluding hydrogens is 482 g/mol. The normalized spacial score (nSPS) is 26.5. The second-order valence-electron chi connectivity index (χ2n) is 11.0. The van der Waals surface area contributed by atoms with Crippen molar-refractivity contribution in [3.8, 4) is 0 Å². The quantitative estimate of drug-likeness (QED) is 0.553. The van der Waals surface area contributed by atoms with E-state index < -0.39 is 5.54 Å². The number of carbonyl (C=O) groups is 3. The first-order chi connectivity index (χ1) is 18.5. The fourth-order valence-electron chi connectivity index (χ4n) is 6.71. The molecule has 1 saturated carbocycles. The Morgan fingerprint density at radius 3 is 2.66 bits per heavy atom. The van der Waals surface area contributed by atoms with E-state index in [4.69, 9.17) is 0 Å². The van der Waals surface area contributed by atoms with E-state index >= 15 is 0 Å². The number of benzene rings is 1. The van der Waals surface area contributed by atoms with Gasteiger partial charge in [-0.3, -0.25) is 30.2 Å². The van der Waals surface area contributed by atoms with Gasteiger partial charge in [-0.2, -0.15) is 0 Å². The Kier molecular flexibility index (Phi) is 6.75. The molecule has 10 heteroatoms. The molecule has 4 aliphatic rings. The zero-order chi connectivity index (χ0) is 26.1. The first kappa shape index (κ1) is 24.8. The minimum atomic E-state index is -0.760. The van der Waals surface area contributed by atoms with Gasteiger partial charge >= 0.3 is 0 Å². The van der Waals surface area contributed by atoms with Gasteiger partial charge in [-0.15, -0.1) is 0 Å². The maximum absolute atomic E-state index is 13.9. The van der Waals surface area contributed by atoms with E-state index in [1.165, 1.54) is 0 Å². The Morgan fingerprint density at radius 2 is 1.89 bits per heavy atom. The van der Waals surface area contributed by atoms with Gasteiger partial charge in [0.1, 0.15) is 12.1 Å². The molecular formula is C28H35N7O3. The number of hydrazine groups is 1. The number of nitrogens with zero attached hydrogens (tertiary/aromatic N) is 4. The van der Waals surface area contributed by atoms with Gasteiger partial charge in [-0.1, -0.05) is 18.2 Å². The number of piperidine rings is 1. The van der Waals surface area contributed by atoms with E-state index in [0.29, 0.717) is 50.2 Å². The van der Waals surface area contributed by atoms with Crippen molar-refractivity contribution >= 4 is 29.1 Å². The molecule has 3 atom stereocenters. The number of hydrogen-bond donors (Lipinski definition) is 3. The van der Waals surface area contributed by atoms with Crippen LogP contribution in [-0.4, -0.2) is 76.9 Å². The van der Waals surface area contributed by atoms with Crippen LogP contribution in [0.4, 0.5) is 11.4 Å². The van der Waals surface area contributed by atoms with Crippen molar-refractivity contribution in [3.05, 3.63) is 54.9 Å². The molecule has 3 aliphatic heterocycles. The molecule has 4 fully saturated rings. The standard InChI is InChI=1S/C28H35N7O3/c36-25(31-22-5-4-12-29-17-22)18-34-19-35(23-6-2-1-3-7-23)28(27(34)38)10-13-33(14-11-28)26(37)20-8-9-24-21(15-20)16-30-32-24/h1-7,12,17,20-21,24,30,32H,8-11,13-16,18-19H2,(H,31,36). The van der Waals surface area contributed by atoms with Crippen LogP contribution in [0.15, 0.2) is 54.9 Å². The first-order valence-electron chi connectivity index (χ1n) is 13.6. The lowest BCUT2D eigenvalue weighted by atomic mass is 9.77. The van der Waals surface area contributed by atoms with Crippen LogP contribution in [0.5, 0.6) is 0 Å². The van der Waals surface area contributed by atoms with E-state index in [1.807, 2.05) is 35.2 Å². The molecule has 6 rings (SSSR count). The minimum absolute atomic E-state index is 0.0336. The molecule has 3 amide bonds. The lowest BCUT2D eigenvalue weighted by Crippen LogP contribution is -2.58. The highest BCUT2D eigenvalue weighted by Crippen LogP contribution is 2.40. The number of anilines is 2. The van der Waals surface area contributed by atoms with Crippen molar-refractivity contribution in [3.63, 3.8) is 0 Å². The van der Waals surface area contributed by atoms with Crippen molar-refractivity contribution in [1.29, 1.82) is 0 Å². The third-order valence-electron chi connectivity index (χ3n) is 8.75. The Hall–Kier alpha value is -3.50. The highest BCUT2D eigenvalue weighted by Gasteiger charge is 2.54. The Morgan fingerprint density at radius 1 is 1.08 bits per heavy atom. The fraction of sp³-hybridized carbons (Fsp3) is 0.500. The summed E-state index contributed by atoms with van der Waals surface area (Å²) in [5.41, 5.74) is 7.37. The van der Waals surface area contributed by atoms with E-state index in [1.54, 1.807) is 29.4 Å².